The van der Waals surface area contributed by atoms with Crippen molar-refractivity contribution in [3.05, 3.63) is 30.2 Å². The fraction of sp³-hybridized carbons (Fsp3) is 0.200. The standard InChI is InChI=1S/C10H12N4O2/c1-15-9-5-8(13-10(11)14-9)12-6-7-3-2-4-16-7/h2-5H,6H2,1H3,(H3,11,12,13,14). The fourth-order valence-electron chi connectivity index (χ4n) is 1.23. The number of aromatic nitrogens is 2. The van der Waals surface area contributed by atoms with Gasteiger partial charge in [-0.3, -0.25) is 0 Å². The van der Waals surface area contributed by atoms with E-state index in [-0.39, 0.29) is 5.95 Å². The normalized spacial score (nSPS) is 10.1. The average molecular weight is 220 g/mol. The summed E-state index contributed by atoms with van der Waals surface area (Å²) in [5.74, 6) is 2.01. The van der Waals surface area contributed by atoms with Crippen LogP contribution >= 0.6 is 0 Å². The van der Waals surface area contributed by atoms with Crippen LogP contribution in [0.4, 0.5) is 11.8 Å². The maximum absolute atomic E-state index is 5.52. The Balaban J connectivity index is 2.06. The number of anilines is 2. The Bertz CT molecular complexity index is 456. The summed E-state index contributed by atoms with van der Waals surface area (Å²) in [6.45, 7) is 0.534. The molecular weight excluding hydrogens is 208 g/mol. The lowest BCUT2D eigenvalue weighted by atomic mass is 10.4. The average Bonchev–Trinajstić information content (AvgIpc) is 2.78. The third-order valence-corrected chi connectivity index (χ3v) is 1.95. The van der Waals surface area contributed by atoms with Gasteiger partial charge < -0.3 is 20.2 Å². The number of rotatable bonds is 4. The predicted molar refractivity (Wildman–Crippen MR) is 59.0 cm³/mol. The van der Waals surface area contributed by atoms with Crippen molar-refractivity contribution >= 4 is 11.8 Å². The van der Waals surface area contributed by atoms with E-state index in [1.165, 1.54) is 7.11 Å². The number of ether oxygens (including phenoxy) is 1. The minimum Gasteiger partial charge on any atom is -0.481 e. The highest BCUT2D eigenvalue weighted by Gasteiger charge is 2.02. The summed E-state index contributed by atoms with van der Waals surface area (Å²) in [6.07, 6.45) is 1.62. The number of nitrogens with zero attached hydrogens (tertiary/aromatic N) is 2. The Morgan fingerprint density at radius 3 is 3.06 bits per heavy atom. The zero-order valence-electron chi connectivity index (χ0n) is 8.80. The van der Waals surface area contributed by atoms with Crippen LogP contribution in [0.3, 0.4) is 0 Å². The molecule has 0 saturated carbocycles. The number of furan rings is 1. The highest BCUT2D eigenvalue weighted by atomic mass is 16.5. The third-order valence-electron chi connectivity index (χ3n) is 1.95. The molecule has 0 aliphatic carbocycles. The van der Waals surface area contributed by atoms with Gasteiger partial charge in [-0.25, -0.2) is 0 Å². The molecule has 0 saturated heterocycles. The van der Waals surface area contributed by atoms with E-state index >= 15 is 0 Å². The number of nitrogens with two attached hydrogens (primary N) is 1. The van der Waals surface area contributed by atoms with Crippen LogP contribution in [0.5, 0.6) is 5.88 Å². The fourth-order valence-corrected chi connectivity index (χ4v) is 1.23. The molecule has 0 bridgehead atoms. The lowest BCUT2D eigenvalue weighted by Crippen LogP contribution is -2.04. The van der Waals surface area contributed by atoms with Crippen LogP contribution in [0.2, 0.25) is 0 Å². The summed E-state index contributed by atoms with van der Waals surface area (Å²) >= 11 is 0. The molecule has 0 unspecified atom stereocenters. The zero-order chi connectivity index (χ0) is 11.4. The largest absolute Gasteiger partial charge is 0.481 e. The molecule has 0 atom stereocenters. The summed E-state index contributed by atoms with van der Waals surface area (Å²) in [4.78, 5) is 7.89. The first-order valence-electron chi connectivity index (χ1n) is 4.73. The van der Waals surface area contributed by atoms with Crippen LogP contribution in [0.1, 0.15) is 5.76 Å². The molecule has 16 heavy (non-hydrogen) atoms. The van der Waals surface area contributed by atoms with E-state index in [1.54, 1.807) is 12.3 Å². The Labute approximate surface area is 92.5 Å². The highest BCUT2D eigenvalue weighted by molar-refractivity contribution is 5.42. The minimum atomic E-state index is 0.168. The van der Waals surface area contributed by atoms with Crippen LogP contribution < -0.4 is 15.8 Å². The molecule has 0 spiro atoms. The van der Waals surface area contributed by atoms with Crippen LogP contribution in [0.25, 0.3) is 0 Å². The Kier molecular flexibility index (Phi) is 2.90. The van der Waals surface area contributed by atoms with E-state index in [1.807, 2.05) is 12.1 Å². The molecular formula is C10H12N4O2. The SMILES string of the molecule is COc1cc(NCc2ccco2)nc(N)n1. The van der Waals surface area contributed by atoms with Gasteiger partial charge in [0.2, 0.25) is 11.8 Å². The van der Waals surface area contributed by atoms with Gasteiger partial charge in [0.15, 0.2) is 0 Å². The predicted octanol–water partition coefficient (Wildman–Crippen LogP) is 1.27. The van der Waals surface area contributed by atoms with E-state index in [0.717, 1.165) is 5.76 Å². The molecule has 0 aliphatic rings. The van der Waals surface area contributed by atoms with Crippen molar-refractivity contribution in [2.75, 3.05) is 18.2 Å². The second-order valence-electron chi connectivity index (χ2n) is 3.09. The van der Waals surface area contributed by atoms with Gasteiger partial charge in [-0.2, -0.15) is 9.97 Å². The molecule has 0 aliphatic heterocycles. The molecule has 2 aromatic heterocycles. The first kappa shape index (κ1) is 10.3. The van der Waals surface area contributed by atoms with Gasteiger partial charge in [-0.15, -0.1) is 0 Å². The van der Waals surface area contributed by atoms with Crippen molar-refractivity contribution in [1.29, 1.82) is 0 Å². The van der Waals surface area contributed by atoms with Gasteiger partial charge >= 0.3 is 0 Å². The summed E-state index contributed by atoms with van der Waals surface area (Å²) in [5.41, 5.74) is 5.52. The van der Waals surface area contributed by atoms with Gasteiger partial charge in [0.1, 0.15) is 11.6 Å². The smallest absolute Gasteiger partial charge is 0.225 e. The molecule has 2 aromatic rings. The van der Waals surface area contributed by atoms with Crippen molar-refractivity contribution in [2.24, 2.45) is 0 Å². The summed E-state index contributed by atoms with van der Waals surface area (Å²) in [6, 6.07) is 5.36. The van der Waals surface area contributed by atoms with Crippen molar-refractivity contribution in [3.8, 4) is 5.88 Å². The molecule has 0 fully saturated rings. The molecule has 6 heteroatoms. The van der Waals surface area contributed by atoms with Crippen LogP contribution in [-0.4, -0.2) is 17.1 Å². The van der Waals surface area contributed by atoms with Gasteiger partial charge in [-0.1, -0.05) is 0 Å². The highest BCUT2D eigenvalue weighted by Crippen LogP contribution is 2.14. The molecule has 84 valence electrons. The van der Waals surface area contributed by atoms with E-state index < -0.39 is 0 Å². The monoisotopic (exact) mass is 220 g/mol. The van der Waals surface area contributed by atoms with Crippen molar-refractivity contribution < 1.29 is 9.15 Å². The molecule has 6 nitrogen and oxygen atoms in total. The van der Waals surface area contributed by atoms with Crippen molar-refractivity contribution in [2.45, 2.75) is 6.54 Å². The van der Waals surface area contributed by atoms with E-state index in [4.69, 9.17) is 14.9 Å². The summed E-state index contributed by atoms with van der Waals surface area (Å²) in [7, 11) is 1.53. The number of hydrogen-bond acceptors (Lipinski definition) is 6. The van der Waals surface area contributed by atoms with Crippen LogP contribution in [0.15, 0.2) is 28.9 Å². The Hall–Kier alpha value is -2.24. The molecule has 2 heterocycles. The topological polar surface area (TPSA) is 86.2 Å². The second kappa shape index (κ2) is 4.52. The maximum Gasteiger partial charge on any atom is 0.225 e. The molecule has 3 N–H and O–H groups in total. The van der Waals surface area contributed by atoms with Crippen molar-refractivity contribution in [3.63, 3.8) is 0 Å². The molecule has 0 amide bonds. The second-order valence-corrected chi connectivity index (χ2v) is 3.09. The number of nitrogens with one attached hydrogen (secondary N) is 1. The van der Waals surface area contributed by atoms with Gasteiger partial charge in [0, 0.05) is 6.07 Å². The quantitative estimate of drug-likeness (QED) is 0.807. The van der Waals surface area contributed by atoms with Crippen molar-refractivity contribution in [1.82, 2.24) is 9.97 Å². The Morgan fingerprint density at radius 2 is 2.38 bits per heavy atom. The molecule has 2 rings (SSSR count). The lowest BCUT2D eigenvalue weighted by Gasteiger charge is -2.06. The van der Waals surface area contributed by atoms with E-state index in [9.17, 15) is 0 Å². The summed E-state index contributed by atoms with van der Waals surface area (Å²) < 4.78 is 10.2. The molecule has 0 aromatic carbocycles. The van der Waals surface area contributed by atoms with E-state index in [2.05, 4.69) is 15.3 Å². The first-order chi connectivity index (χ1) is 7.78. The van der Waals surface area contributed by atoms with Gasteiger partial charge in [0.05, 0.1) is 19.9 Å². The van der Waals surface area contributed by atoms with Crippen LogP contribution in [-0.2, 0) is 6.54 Å². The zero-order valence-corrected chi connectivity index (χ0v) is 8.80. The maximum atomic E-state index is 5.52. The summed E-state index contributed by atoms with van der Waals surface area (Å²) in [5, 5.41) is 3.06. The number of nitrogen functional groups attached to an aromatic ring is 1. The third kappa shape index (κ3) is 2.41. The lowest BCUT2D eigenvalue weighted by molar-refractivity contribution is 0.398. The Morgan fingerprint density at radius 1 is 1.50 bits per heavy atom. The van der Waals surface area contributed by atoms with Gasteiger partial charge in [-0.05, 0) is 12.1 Å². The number of methoxy groups -OCH3 is 1. The minimum absolute atomic E-state index is 0.168. The number of hydrogen-bond donors (Lipinski definition) is 2. The van der Waals surface area contributed by atoms with Gasteiger partial charge in [0.25, 0.3) is 0 Å². The van der Waals surface area contributed by atoms with E-state index in [0.29, 0.717) is 18.2 Å². The van der Waals surface area contributed by atoms with Crippen LogP contribution in [0, 0.1) is 0 Å². The first-order valence-corrected chi connectivity index (χ1v) is 4.73. The molecule has 0 radical (unpaired) electrons.